The van der Waals surface area contributed by atoms with Crippen molar-refractivity contribution in [2.75, 3.05) is 19.0 Å². The van der Waals surface area contributed by atoms with Crippen molar-refractivity contribution < 1.29 is 17.7 Å². The fourth-order valence-electron chi connectivity index (χ4n) is 6.06. The van der Waals surface area contributed by atoms with Crippen LogP contribution in [0.4, 0.5) is 24.5 Å². The Balaban J connectivity index is 1.79. The van der Waals surface area contributed by atoms with Crippen molar-refractivity contribution in [2.45, 2.75) is 64.5 Å². The Bertz CT molecular complexity index is 1390. The fraction of sp³-hybridized carbons (Fsp3) is 0.364. The van der Waals surface area contributed by atoms with Gasteiger partial charge < -0.3 is 4.90 Å². The van der Waals surface area contributed by atoms with Crippen LogP contribution < -0.4 is 4.90 Å². The van der Waals surface area contributed by atoms with Gasteiger partial charge in [0.05, 0.1) is 11.0 Å². The third-order valence-corrected chi connectivity index (χ3v) is 8.27. The molecule has 0 saturated carbocycles. The zero-order valence-electron chi connectivity index (χ0n) is 23.4. The van der Waals surface area contributed by atoms with E-state index in [1.54, 1.807) is 6.07 Å². The standard InChI is InChI=1S/C33H38F3N2/c1-8-10-19-31(4)25-21-23(3)15-17-27(25)37(6)29(31)13-12-14-30-32(5,20-11-9-2)26-22-24(33(34,35)36)16-18-28(26)38(30)7/h8-18,21-22H,19-20H2,1-7H3/q+1/b10-8+,11-9+. The van der Waals surface area contributed by atoms with Gasteiger partial charge in [-0.15, -0.1) is 0 Å². The molecule has 0 fully saturated rings. The molecular formula is C33H38F3N2+. The van der Waals surface area contributed by atoms with Crippen LogP contribution in [0.5, 0.6) is 0 Å². The van der Waals surface area contributed by atoms with Gasteiger partial charge in [-0.25, -0.2) is 0 Å². The summed E-state index contributed by atoms with van der Waals surface area (Å²) >= 11 is 0. The van der Waals surface area contributed by atoms with E-state index in [1.165, 1.54) is 34.6 Å². The van der Waals surface area contributed by atoms with Crippen LogP contribution in [-0.4, -0.2) is 24.4 Å². The molecule has 4 rings (SSSR count). The molecule has 2 heterocycles. The van der Waals surface area contributed by atoms with Crippen molar-refractivity contribution in [3.8, 4) is 0 Å². The molecule has 2 aliphatic rings. The first-order chi connectivity index (χ1) is 17.9. The Labute approximate surface area is 225 Å². The number of rotatable bonds is 6. The number of hydrogen-bond acceptors (Lipinski definition) is 1. The summed E-state index contributed by atoms with van der Waals surface area (Å²) in [6.07, 6.45) is 11.7. The number of benzene rings is 2. The maximum Gasteiger partial charge on any atom is 0.416 e. The highest BCUT2D eigenvalue weighted by Crippen LogP contribution is 2.50. The second-order valence-corrected chi connectivity index (χ2v) is 10.9. The molecule has 0 amide bonds. The first-order valence-corrected chi connectivity index (χ1v) is 13.2. The van der Waals surface area contributed by atoms with Crippen LogP contribution in [0.15, 0.2) is 84.6 Å². The second kappa shape index (κ2) is 10.1. The predicted molar refractivity (Wildman–Crippen MR) is 153 cm³/mol. The van der Waals surface area contributed by atoms with E-state index in [2.05, 4.69) is 74.4 Å². The minimum absolute atomic E-state index is 0.183. The molecule has 2 unspecified atom stereocenters. The summed E-state index contributed by atoms with van der Waals surface area (Å²) in [5, 5.41) is 0. The van der Waals surface area contributed by atoms with Gasteiger partial charge in [0, 0.05) is 41.6 Å². The van der Waals surface area contributed by atoms with E-state index >= 15 is 0 Å². The number of halogens is 3. The SMILES string of the molecule is C/C=C/CC1(C)C(=CC=CC2=[N+](C)c3ccc(C(F)(F)F)cc3C2(C)C/C=C/C)N(C)c2ccc(C)cc21. The number of hydrogen-bond donors (Lipinski definition) is 0. The zero-order chi connectivity index (χ0) is 27.9. The van der Waals surface area contributed by atoms with Gasteiger partial charge in [-0.3, -0.25) is 0 Å². The highest BCUT2D eigenvalue weighted by Gasteiger charge is 2.47. The smallest absolute Gasteiger partial charge is 0.347 e. The van der Waals surface area contributed by atoms with Gasteiger partial charge in [-0.2, -0.15) is 17.7 Å². The average molecular weight is 520 g/mol. The maximum absolute atomic E-state index is 13.6. The molecule has 2 aromatic carbocycles. The first-order valence-electron chi connectivity index (χ1n) is 13.2. The zero-order valence-corrected chi connectivity index (χ0v) is 23.4. The van der Waals surface area contributed by atoms with Crippen LogP contribution in [0.25, 0.3) is 0 Å². The van der Waals surface area contributed by atoms with E-state index in [-0.39, 0.29) is 5.41 Å². The highest BCUT2D eigenvalue weighted by molar-refractivity contribution is 6.03. The molecule has 2 aliphatic heterocycles. The summed E-state index contributed by atoms with van der Waals surface area (Å²) < 4.78 is 42.8. The number of nitrogens with zero attached hydrogens (tertiary/aromatic N) is 2. The third-order valence-electron chi connectivity index (χ3n) is 8.27. The minimum atomic E-state index is -4.38. The van der Waals surface area contributed by atoms with Crippen LogP contribution in [-0.2, 0) is 17.0 Å². The van der Waals surface area contributed by atoms with Crippen LogP contribution in [0, 0.1) is 6.92 Å². The molecule has 5 heteroatoms. The molecule has 2 nitrogen and oxygen atoms in total. The van der Waals surface area contributed by atoms with E-state index < -0.39 is 17.2 Å². The van der Waals surface area contributed by atoms with Gasteiger partial charge in [0.2, 0.25) is 5.69 Å². The molecule has 200 valence electrons. The van der Waals surface area contributed by atoms with Crippen molar-refractivity contribution >= 4 is 17.1 Å². The Morgan fingerprint density at radius 3 is 2.21 bits per heavy atom. The molecule has 2 atom stereocenters. The summed E-state index contributed by atoms with van der Waals surface area (Å²) in [6.45, 7) is 10.4. The fourth-order valence-corrected chi connectivity index (χ4v) is 6.06. The Hall–Kier alpha value is -3.34. The Morgan fingerprint density at radius 2 is 1.58 bits per heavy atom. The largest absolute Gasteiger partial charge is 0.416 e. The number of aryl methyl sites for hydroxylation is 1. The van der Waals surface area contributed by atoms with E-state index in [0.717, 1.165) is 17.8 Å². The molecule has 0 N–H and O–H groups in total. The highest BCUT2D eigenvalue weighted by atomic mass is 19.4. The van der Waals surface area contributed by atoms with E-state index in [4.69, 9.17) is 0 Å². The Morgan fingerprint density at radius 1 is 0.921 bits per heavy atom. The molecule has 0 aromatic heterocycles. The van der Waals surface area contributed by atoms with Crippen LogP contribution in [0.2, 0.25) is 0 Å². The first kappa shape index (κ1) is 27.7. The van der Waals surface area contributed by atoms with E-state index in [0.29, 0.717) is 12.0 Å². The second-order valence-electron chi connectivity index (χ2n) is 10.9. The molecule has 0 saturated heterocycles. The lowest BCUT2D eigenvalue weighted by molar-refractivity contribution is -0.401. The van der Waals surface area contributed by atoms with Gasteiger partial charge >= 0.3 is 6.18 Å². The number of alkyl halides is 3. The number of anilines is 1. The average Bonchev–Trinajstić information content (AvgIpc) is 3.21. The summed E-state index contributed by atoms with van der Waals surface area (Å²) in [5.41, 5.74) is 6.08. The van der Waals surface area contributed by atoms with Gasteiger partial charge in [0.25, 0.3) is 0 Å². The molecule has 2 aromatic rings. The van der Waals surface area contributed by atoms with Crippen LogP contribution >= 0.6 is 0 Å². The lowest BCUT2D eigenvalue weighted by Crippen LogP contribution is -2.30. The third kappa shape index (κ3) is 4.57. The molecule has 0 bridgehead atoms. The summed E-state index contributed by atoms with van der Waals surface area (Å²) in [6, 6.07) is 10.7. The monoisotopic (exact) mass is 519 g/mol. The normalized spacial score (nSPS) is 24.6. The number of likely N-dealkylation sites (N-methyl/N-ethyl adjacent to an activating group) is 1. The van der Waals surface area contributed by atoms with Crippen molar-refractivity contribution in [3.63, 3.8) is 0 Å². The molecule has 0 spiro atoms. The van der Waals surface area contributed by atoms with Crippen molar-refractivity contribution in [1.29, 1.82) is 0 Å². The minimum Gasteiger partial charge on any atom is -0.347 e. The Kier molecular flexibility index (Phi) is 7.35. The van der Waals surface area contributed by atoms with Crippen molar-refractivity contribution in [3.05, 3.63) is 107 Å². The van der Waals surface area contributed by atoms with Crippen LogP contribution in [0.3, 0.4) is 0 Å². The molecule has 0 radical (unpaired) electrons. The maximum atomic E-state index is 13.6. The lowest BCUT2D eigenvalue weighted by atomic mass is 9.75. The summed E-state index contributed by atoms with van der Waals surface area (Å²) in [4.78, 5) is 2.26. The molecule has 38 heavy (non-hydrogen) atoms. The summed E-state index contributed by atoms with van der Waals surface area (Å²) in [7, 11) is 4.05. The van der Waals surface area contributed by atoms with E-state index in [1.807, 2.05) is 44.5 Å². The van der Waals surface area contributed by atoms with Gasteiger partial charge in [0.1, 0.15) is 7.05 Å². The van der Waals surface area contributed by atoms with Gasteiger partial charge in [0.15, 0.2) is 5.71 Å². The van der Waals surface area contributed by atoms with Gasteiger partial charge in [-0.1, -0.05) is 48.1 Å². The van der Waals surface area contributed by atoms with Crippen molar-refractivity contribution in [1.82, 2.24) is 0 Å². The van der Waals surface area contributed by atoms with Crippen molar-refractivity contribution in [2.24, 2.45) is 0 Å². The topological polar surface area (TPSA) is 6.25 Å². The number of allylic oxidation sites excluding steroid dienone is 8. The number of fused-ring (bicyclic) bond motifs is 2. The van der Waals surface area contributed by atoms with E-state index in [9.17, 15) is 13.2 Å². The van der Waals surface area contributed by atoms with Crippen LogP contribution in [0.1, 0.15) is 62.8 Å². The predicted octanol–water partition coefficient (Wildman–Crippen LogP) is 8.78. The molecular weight excluding hydrogens is 481 g/mol. The van der Waals surface area contributed by atoms with Gasteiger partial charge in [-0.05, 0) is 77.3 Å². The quantitative estimate of drug-likeness (QED) is 0.273. The lowest BCUT2D eigenvalue weighted by Gasteiger charge is -2.27. The molecule has 0 aliphatic carbocycles. The summed E-state index contributed by atoms with van der Waals surface area (Å²) in [5.74, 6) is 0.